The largest absolute Gasteiger partial charge is 0.357 e. The Kier molecular flexibility index (Phi) is 6.54. The van der Waals surface area contributed by atoms with Crippen LogP contribution in [-0.4, -0.2) is 36.4 Å². The molecule has 2 aromatic rings. The lowest BCUT2D eigenvalue weighted by atomic mass is 9.96. The van der Waals surface area contributed by atoms with Crippen molar-refractivity contribution in [2.24, 2.45) is 4.99 Å². The SMILES string of the molecule is CCNC(=NCc1ccc(CN2CCCC2=O)cc1)NCC1(c2cccc(F)c2)CC1. The van der Waals surface area contributed by atoms with Crippen molar-refractivity contribution in [2.45, 2.75) is 51.1 Å². The number of halogens is 1. The highest BCUT2D eigenvalue weighted by Gasteiger charge is 2.44. The molecule has 164 valence electrons. The second-order valence-electron chi connectivity index (χ2n) is 8.57. The van der Waals surface area contributed by atoms with Crippen molar-refractivity contribution in [3.8, 4) is 0 Å². The van der Waals surface area contributed by atoms with Crippen LogP contribution in [0.25, 0.3) is 0 Å². The van der Waals surface area contributed by atoms with Crippen LogP contribution < -0.4 is 10.6 Å². The van der Waals surface area contributed by atoms with Gasteiger partial charge >= 0.3 is 0 Å². The lowest BCUT2D eigenvalue weighted by Gasteiger charge is -2.19. The smallest absolute Gasteiger partial charge is 0.222 e. The number of aliphatic imine (C=N–C) groups is 1. The Bertz CT molecular complexity index is 937. The van der Waals surface area contributed by atoms with Gasteiger partial charge in [-0.1, -0.05) is 36.4 Å². The number of rotatable bonds is 8. The van der Waals surface area contributed by atoms with E-state index in [4.69, 9.17) is 4.99 Å². The Morgan fingerprint density at radius 2 is 1.90 bits per heavy atom. The van der Waals surface area contributed by atoms with E-state index in [0.717, 1.165) is 61.5 Å². The number of benzene rings is 2. The molecule has 1 aliphatic heterocycles. The predicted octanol–water partition coefficient (Wildman–Crippen LogP) is 3.74. The van der Waals surface area contributed by atoms with Crippen molar-refractivity contribution in [1.82, 2.24) is 15.5 Å². The Hall–Kier alpha value is -2.89. The Morgan fingerprint density at radius 1 is 1.13 bits per heavy atom. The maximum Gasteiger partial charge on any atom is 0.222 e. The van der Waals surface area contributed by atoms with Gasteiger partial charge in [0.1, 0.15) is 5.82 Å². The number of likely N-dealkylation sites (tertiary alicyclic amines) is 1. The van der Waals surface area contributed by atoms with Crippen LogP contribution in [0.4, 0.5) is 4.39 Å². The molecule has 2 N–H and O–H groups in total. The van der Waals surface area contributed by atoms with Crippen molar-refractivity contribution in [1.29, 1.82) is 0 Å². The van der Waals surface area contributed by atoms with E-state index >= 15 is 0 Å². The average molecular weight is 423 g/mol. The molecule has 1 amide bonds. The van der Waals surface area contributed by atoms with Gasteiger partial charge in [0.2, 0.25) is 5.91 Å². The Balaban J connectivity index is 1.34. The highest BCUT2D eigenvalue weighted by molar-refractivity contribution is 5.80. The molecule has 1 heterocycles. The lowest BCUT2D eigenvalue weighted by molar-refractivity contribution is -0.128. The van der Waals surface area contributed by atoms with E-state index in [-0.39, 0.29) is 17.1 Å². The zero-order valence-electron chi connectivity index (χ0n) is 18.2. The number of carbonyl (C=O) groups is 1. The Morgan fingerprint density at radius 3 is 2.55 bits per heavy atom. The first-order chi connectivity index (χ1) is 15.1. The van der Waals surface area contributed by atoms with Crippen LogP contribution in [0.5, 0.6) is 0 Å². The van der Waals surface area contributed by atoms with Crippen LogP contribution in [-0.2, 0) is 23.3 Å². The van der Waals surface area contributed by atoms with E-state index < -0.39 is 0 Å². The minimum Gasteiger partial charge on any atom is -0.357 e. The third-order valence-corrected chi connectivity index (χ3v) is 6.22. The van der Waals surface area contributed by atoms with Gasteiger partial charge in [0.15, 0.2) is 5.96 Å². The third kappa shape index (κ3) is 5.43. The van der Waals surface area contributed by atoms with Gasteiger partial charge in [0.05, 0.1) is 6.54 Å². The van der Waals surface area contributed by atoms with Crippen molar-refractivity contribution >= 4 is 11.9 Å². The lowest BCUT2D eigenvalue weighted by Crippen LogP contribution is -2.41. The fraction of sp³-hybridized carbons (Fsp3) is 0.440. The second kappa shape index (κ2) is 9.50. The summed E-state index contributed by atoms with van der Waals surface area (Å²) in [6.45, 7) is 5.69. The number of nitrogens with one attached hydrogen (secondary N) is 2. The summed E-state index contributed by atoms with van der Waals surface area (Å²) in [5, 5.41) is 6.75. The molecule has 2 fully saturated rings. The van der Waals surface area contributed by atoms with Crippen LogP contribution in [0, 0.1) is 5.82 Å². The van der Waals surface area contributed by atoms with Crippen molar-refractivity contribution < 1.29 is 9.18 Å². The van der Waals surface area contributed by atoms with E-state index in [1.54, 1.807) is 12.1 Å². The fourth-order valence-corrected chi connectivity index (χ4v) is 4.14. The van der Waals surface area contributed by atoms with Gasteiger partial charge in [-0.2, -0.15) is 0 Å². The molecule has 0 aromatic heterocycles. The monoisotopic (exact) mass is 422 g/mol. The third-order valence-electron chi connectivity index (χ3n) is 6.22. The average Bonchev–Trinajstić information content (AvgIpc) is 3.47. The highest BCUT2D eigenvalue weighted by atomic mass is 19.1. The zero-order chi connectivity index (χ0) is 21.7. The summed E-state index contributed by atoms with van der Waals surface area (Å²) in [4.78, 5) is 18.5. The van der Waals surface area contributed by atoms with Crippen molar-refractivity contribution in [3.05, 3.63) is 71.0 Å². The van der Waals surface area contributed by atoms with Crippen LogP contribution in [0.15, 0.2) is 53.5 Å². The van der Waals surface area contributed by atoms with Crippen LogP contribution in [0.2, 0.25) is 0 Å². The first kappa shape index (κ1) is 21.3. The minimum atomic E-state index is -0.179. The van der Waals surface area contributed by atoms with Crippen LogP contribution >= 0.6 is 0 Å². The van der Waals surface area contributed by atoms with Gasteiger partial charge in [-0.3, -0.25) is 4.79 Å². The van der Waals surface area contributed by atoms with Crippen molar-refractivity contribution in [2.75, 3.05) is 19.6 Å². The van der Waals surface area contributed by atoms with Crippen LogP contribution in [0.1, 0.15) is 49.3 Å². The van der Waals surface area contributed by atoms with Gasteiger partial charge < -0.3 is 15.5 Å². The Labute approximate surface area is 183 Å². The van der Waals surface area contributed by atoms with Gasteiger partial charge in [-0.15, -0.1) is 0 Å². The van der Waals surface area contributed by atoms with Crippen LogP contribution in [0.3, 0.4) is 0 Å². The van der Waals surface area contributed by atoms with Gasteiger partial charge in [0, 0.05) is 38.0 Å². The van der Waals surface area contributed by atoms with E-state index in [2.05, 4.69) is 34.9 Å². The van der Waals surface area contributed by atoms with Crippen molar-refractivity contribution in [3.63, 3.8) is 0 Å². The quantitative estimate of drug-likeness (QED) is 0.503. The molecule has 1 aliphatic carbocycles. The standard InChI is InChI=1S/C25H31FN4O/c1-2-27-24(29-18-25(12-13-25)21-5-3-6-22(26)15-21)28-16-19-8-10-20(11-9-19)17-30-14-4-7-23(30)31/h3,5-6,8-11,15H,2,4,7,12-14,16-18H2,1H3,(H2,27,28,29). The number of guanidine groups is 1. The molecule has 0 spiro atoms. The summed E-state index contributed by atoms with van der Waals surface area (Å²) in [6.07, 6.45) is 3.76. The maximum absolute atomic E-state index is 13.6. The summed E-state index contributed by atoms with van der Waals surface area (Å²) in [5.41, 5.74) is 3.34. The molecule has 4 rings (SSSR count). The number of nitrogens with zero attached hydrogens (tertiary/aromatic N) is 2. The second-order valence-corrected chi connectivity index (χ2v) is 8.57. The summed E-state index contributed by atoms with van der Waals surface area (Å²) < 4.78 is 13.6. The molecule has 0 radical (unpaired) electrons. The number of carbonyl (C=O) groups excluding carboxylic acids is 1. The van der Waals surface area contributed by atoms with E-state index in [9.17, 15) is 9.18 Å². The molecule has 1 saturated carbocycles. The predicted molar refractivity (Wildman–Crippen MR) is 121 cm³/mol. The highest BCUT2D eigenvalue weighted by Crippen LogP contribution is 2.47. The number of hydrogen-bond acceptors (Lipinski definition) is 2. The first-order valence-corrected chi connectivity index (χ1v) is 11.2. The molecule has 0 atom stereocenters. The normalized spacial score (nSPS) is 17.7. The molecule has 2 aliphatic rings. The van der Waals surface area contributed by atoms with E-state index in [0.29, 0.717) is 19.5 Å². The zero-order valence-corrected chi connectivity index (χ0v) is 18.2. The summed E-state index contributed by atoms with van der Waals surface area (Å²) in [5.74, 6) is 0.848. The molecule has 6 heteroatoms. The van der Waals surface area contributed by atoms with Gasteiger partial charge in [-0.05, 0) is 55.0 Å². The van der Waals surface area contributed by atoms with Gasteiger partial charge in [0.25, 0.3) is 0 Å². The molecule has 5 nitrogen and oxygen atoms in total. The summed E-state index contributed by atoms with van der Waals surface area (Å²) >= 11 is 0. The summed E-state index contributed by atoms with van der Waals surface area (Å²) in [7, 11) is 0. The molecular weight excluding hydrogens is 391 g/mol. The number of hydrogen-bond donors (Lipinski definition) is 2. The minimum absolute atomic E-state index is 0.00689. The number of amides is 1. The molecular formula is C25H31FN4O. The van der Waals surface area contributed by atoms with Gasteiger partial charge in [-0.25, -0.2) is 9.38 Å². The fourth-order valence-electron chi connectivity index (χ4n) is 4.14. The molecule has 2 aromatic carbocycles. The molecule has 31 heavy (non-hydrogen) atoms. The molecule has 0 unspecified atom stereocenters. The van der Waals surface area contributed by atoms with E-state index in [1.807, 2.05) is 17.9 Å². The summed E-state index contributed by atoms with van der Waals surface area (Å²) in [6, 6.07) is 15.3. The molecule has 1 saturated heterocycles. The van der Waals surface area contributed by atoms with E-state index in [1.165, 1.54) is 6.07 Å². The topological polar surface area (TPSA) is 56.7 Å². The molecule has 0 bridgehead atoms. The maximum atomic E-state index is 13.6. The first-order valence-electron chi connectivity index (χ1n) is 11.2.